The summed E-state index contributed by atoms with van der Waals surface area (Å²) in [6, 6.07) is 99.1. The van der Waals surface area contributed by atoms with Crippen molar-refractivity contribution in [2.24, 2.45) is 0 Å². The van der Waals surface area contributed by atoms with Crippen molar-refractivity contribution in [2.45, 2.75) is 38.9 Å². The Hall–Kier alpha value is -11.9. The standard InChI is InChI=1S/C39H24N4O.C24H24BNO2.C21H12ClN3O.CH3/c1-2-11-25(12-3-1)37-40-38(42-39(41-37)27-21-22-32-31-17-6-9-20-35(31)44-36(32)24-27)26-13-10-14-28(23-26)43-33-18-7-4-15-29(33)30-16-5-8-19-34(30)43;1-23(2)24(3,4)28-25(27-23)17-10-9-11-18(16-17)26-21-14-7-5-12-19(21)20-13-6-8-15-22(20)26;22-21-24-19(13-6-2-1-3-7-13)23-20(25-21)14-10-11-16-15-8-4-5-9-17(15)26-18(16)12-14;/h1-24H;5-16H,1-4H3;1-12H;1H3/q;;;-1. The maximum absolute atomic E-state index is 6.27. The molecule has 0 bridgehead atoms. The smallest absolute Gasteiger partial charge is 0.456 e. The van der Waals surface area contributed by atoms with Crippen molar-refractivity contribution in [1.29, 1.82) is 0 Å². The Kier molecular flexibility index (Phi) is 15.8. The second-order valence-electron chi connectivity index (χ2n) is 25.4. The van der Waals surface area contributed by atoms with Gasteiger partial charge in [-0.25, -0.2) is 19.9 Å². The van der Waals surface area contributed by atoms with Gasteiger partial charge >= 0.3 is 7.12 Å². The average molecular weight is 1310 g/mol. The van der Waals surface area contributed by atoms with E-state index >= 15 is 0 Å². The van der Waals surface area contributed by atoms with Gasteiger partial charge in [0.05, 0.1) is 33.3 Å². The monoisotopic (exact) mass is 1310 g/mol. The van der Waals surface area contributed by atoms with Crippen LogP contribution in [0.4, 0.5) is 0 Å². The molecular weight excluding hydrogens is 1240 g/mol. The minimum absolute atomic E-state index is 0. The molecule has 0 aliphatic carbocycles. The van der Waals surface area contributed by atoms with E-state index in [1.54, 1.807) is 0 Å². The van der Waals surface area contributed by atoms with Gasteiger partial charge in [-0.2, -0.15) is 9.97 Å². The molecule has 1 aliphatic heterocycles. The van der Waals surface area contributed by atoms with Crippen LogP contribution in [-0.2, 0) is 9.31 Å². The first-order valence-corrected chi connectivity index (χ1v) is 33.0. The molecule has 12 aromatic carbocycles. The predicted molar refractivity (Wildman–Crippen MR) is 404 cm³/mol. The highest BCUT2D eigenvalue weighted by molar-refractivity contribution is 6.62. The molecule has 0 amide bonds. The molecule has 478 valence electrons. The van der Waals surface area contributed by atoms with Crippen LogP contribution in [0.25, 0.3) is 156 Å². The molecule has 0 radical (unpaired) electrons. The summed E-state index contributed by atoms with van der Waals surface area (Å²) in [5.74, 6) is 2.90. The highest BCUT2D eigenvalue weighted by Crippen LogP contribution is 2.40. The maximum atomic E-state index is 6.27. The number of halogens is 1. The molecule has 18 aromatic rings. The van der Waals surface area contributed by atoms with Gasteiger partial charge < -0.3 is 34.7 Å². The number of aromatic nitrogens is 8. The van der Waals surface area contributed by atoms with Crippen LogP contribution in [0.3, 0.4) is 0 Å². The Morgan fingerprint density at radius 2 is 0.616 bits per heavy atom. The molecule has 0 atom stereocenters. The summed E-state index contributed by atoms with van der Waals surface area (Å²) >= 11 is 6.15. The Balaban J connectivity index is 0.000000121. The van der Waals surface area contributed by atoms with E-state index in [9.17, 15) is 0 Å². The Morgan fingerprint density at radius 3 is 1.06 bits per heavy atom. The minimum Gasteiger partial charge on any atom is -0.456 e. The molecule has 0 spiro atoms. The zero-order chi connectivity index (χ0) is 66.1. The molecule has 0 unspecified atom stereocenters. The fraction of sp³-hybridized carbons (Fsp3) is 0.0706. The van der Waals surface area contributed by atoms with Gasteiger partial charge in [0.2, 0.25) is 5.28 Å². The van der Waals surface area contributed by atoms with E-state index < -0.39 is 0 Å². The van der Waals surface area contributed by atoms with Gasteiger partial charge in [0.25, 0.3) is 0 Å². The minimum atomic E-state index is -0.363. The molecule has 7 heterocycles. The van der Waals surface area contributed by atoms with E-state index in [1.807, 2.05) is 127 Å². The number of fused-ring (bicyclic) bond motifs is 12. The molecule has 0 saturated carbocycles. The molecular formula is C85H63BClN8O4-. The van der Waals surface area contributed by atoms with Gasteiger partial charge in [0.15, 0.2) is 29.1 Å². The number of para-hydroxylation sites is 6. The van der Waals surface area contributed by atoms with Crippen molar-refractivity contribution in [3.8, 4) is 68.3 Å². The number of hydrogen-bond acceptors (Lipinski definition) is 10. The van der Waals surface area contributed by atoms with Crippen molar-refractivity contribution in [1.82, 2.24) is 39.0 Å². The Labute approximate surface area is 576 Å². The lowest BCUT2D eigenvalue weighted by Gasteiger charge is -2.32. The fourth-order valence-corrected chi connectivity index (χ4v) is 13.4. The molecule has 0 N–H and O–H groups in total. The Bertz CT molecular complexity index is 5960. The zero-order valence-electron chi connectivity index (χ0n) is 54.9. The first-order chi connectivity index (χ1) is 47.9. The molecule has 1 saturated heterocycles. The summed E-state index contributed by atoms with van der Waals surface area (Å²) in [7, 11) is -0.363. The highest BCUT2D eigenvalue weighted by Gasteiger charge is 2.51. The van der Waals surface area contributed by atoms with E-state index in [-0.39, 0.29) is 31.0 Å². The van der Waals surface area contributed by atoms with Gasteiger partial charge in [-0.15, -0.1) is 0 Å². The zero-order valence-corrected chi connectivity index (χ0v) is 55.6. The summed E-state index contributed by atoms with van der Waals surface area (Å²) in [5, 5.41) is 9.46. The maximum Gasteiger partial charge on any atom is 0.494 e. The highest BCUT2D eigenvalue weighted by atomic mass is 35.5. The molecule has 1 aliphatic rings. The van der Waals surface area contributed by atoms with Crippen molar-refractivity contribution < 1.29 is 18.1 Å². The number of rotatable bonds is 8. The molecule has 6 aromatic heterocycles. The van der Waals surface area contributed by atoms with Crippen molar-refractivity contribution in [2.75, 3.05) is 0 Å². The lowest BCUT2D eigenvalue weighted by Crippen LogP contribution is -2.41. The first kappa shape index (κ1) is 62.0. The van der Waals surface area contributed by atoms with E-state index in [2.05, 4.69) is 216 Å². The third-order valence-corrected chi connectivity index (χ3v) is 18.9. The van der Waals surface area contributed by atoms with Crippen molar-refractivity contribution >= 4 is 112 Å². The number of furan rings is 2. The van der Waals surface area contributed by atoms with Crippen LogP contribution in [0.2, 0.25) is 5.28 Å². The van der Waals surface area contributed by atoms with E-state index in [4.69, 9.17) is 44.7 Å². The normalized spacial score (nSPS) is 13.3. The lowest BCUT2D eigenvalue weighted by atomic mass is 9.79. The molecule has 1 fully saturated rings. The Morgan fingerprint density at radius 1 is 0.293 bits per heavy atom. The largest absolute Gasteiger partial charge is 0.494 e. The first-order valence-electron chi connectivity index (χ1n) is 32.6. The van der Waals surface area contributed by atoms with Gasteiger partial charge in [-0.05, 0) is 130 Å². The summed E-state index contributed by atoms with van der Waals surface area (Å²) < 4.78 is 29.3. The lowest BCUT2D eigenvalue weighted by molar-refractivity contribution is 0.00578. The van der Waals surface area contributed by atoms with Crippen LogP contribution in [-0.4, -0.2) is 57.4 Å². The fourth-order valence-electron chi connectivity index (χ4n) is 13.3. The summed E-state index contributed by atoms with van der Waals surface area (Å²) in [6.45, 7) is 8.35. The topological polar surface area (TPSA) is 132 Å². The number of nitrogens with zero attached hydrogens (tertiary/aromatic N) is 8. The quantitative estimate of drug-likeness (QED) is 0.107. The SMILES string of the molecule is CC1(C)OB(c2cccc(-n3c4ccccc4c4ccccc43)c2)OC1(C)C.Clc1nc(-c2ccccc2)nc(-c2ccc3c(c2)oc2ccccc23)n1.[CH3-].c1ccc(-c2nc(-c3cccc(-n4c5ccccc5c5ccccc54)c3)nc(-c3ccc4c(c3)oc3ccccc34)n2)cc1. The van der Waals surface area contributed by atoms with Crippen LogP contribution >= 0.6 is 11.6 Å². The van der Waals surface area contributed by atoms with Crippen LogP contribution in [0.1, 0.15) is 27.7 Å². The predicted octanol–water partition coefficient (Wildman–Crippen LogP) is 21.2. The van der Waals surface area contributed by atoms with E-state index in [1.165, 1.54) is 32.6 Å². The van der Waals surface area contributed by atoms with Crippen LogP contribution in [0.5, 0.6) is 0 Å². The third kappa shape index (κ3) is 11.4. The molecule has 12 nitrogen and oxygen atoms in total. The van der Waals surface area contributed by atoms with Gasteiger partial charge in [0, 0.05) is 82.3 Å². The summed E-state index contributed by atoms with van der Waals surface area (Å²) in [6.07, 6.45) is 0. The van der Waals surface area contributed by atoms with Crippen molar-refractivity contribution in [3.63, 3.8) is 0 Å². The molecule has 19 rings (SSSR count). The van der Waals surface area contributed by atoms with Crippen LogP contribution in [0.15, 0.2) is 300 Å². The van der Waals surface area contributed by atoms with Gasteiger partial charge in [-0.3, -0.25) is 0 Å². The van der Waals surface area contributed by atoms with Crippen molar-refractivity contribution in [3.05, 3.63) is 304 Å². The van der Waals surface area contributed by atoms with Gasteiger partial charge in [0.1, 0.15) is 22.3 Å². The van der Waals surface area contributed by atoms with Crippen LogP contribution < -0.4 is 5.46 Å². The van der Waals surface area contributed by atoms with Crippen LogP contribution in [0, 0.1) is 7.43 Å². The molecule has 99 heavy (non-hydrogen) atoms. The third-order valence-electron chi connectivity index (χ3n) is 18.8. The van der Waals surface area contributed by atoms with E-state index in [0.717, 1.165) is 99.6 Å². The average Bonchev–Trinajstić information content (AvgIpc) is 1.63. The number of hydrogen-bond donors (Lipinski definition) is 0. The van der Waals surface area contributed by atoms with E-state index in [0.29, 0.717) is 29.1 Å². The second kappa shape index (κ2) is 25.3. The number of benzene rings is 12. The second-order valence-corrected chi connectivity index (χ2v) is 25.7. The summed E-state index contributed by atoms with van der Waals surface area (Å²) in [5.41, 5.74) is 15.0. The van der Waals surface area contributed by atoms with Gasteiger partial charge in [-0.1, -0.05) is 206 Å². The molecule has 14 heteroatoms. The summed E-state index contributed by atoms with van der Waals surface area (Å²) in [4.78, 5) is 28.1.